The van der Waals surface area contributed by atoms with Gasteiger partial charge in [0.15, 0.2) is 11.5 Å². The van der Waals surface area contributed by atoms with Gasteiger partial charge >= 0.3 is 0 Å². The Balaban J connectivity index is 1.93. The minimum absolute atomic E-state index is 0.303. The molecular formula is C20H20Cl2N4O3. The molecule has 1 amide bonds. The predicted octanol–water partition coefficient (Wildman–Crippen LogP) is 5.01. The molecule has 3 aromatic rings. The Morgan fingerprint density at radius 3 is 2.69 bits per heavy atom. The highest BCUT2D eigenvalue weighted by molar-refractivity contribution is 6.33. The Bertz CT molecular complexity index is 994. The standard InChI is InChI=1S/C20H20Cl2N4O3/c1-3-7-29-19-15(22)8-13(9-18(19)28-4-2)20(27)25-16-10-14(21)5-6-17(16)26-12-23-11-24-26/h5-6,8-12H,3-4,7H2,1-2H3,(H,25,27). The van der Waals surface area contributed by atoms with Gasteiger partial charge in [0.05, 0.1) is 29.6 Å². The van der Waals surface area contributed by atoms with E-state index in [0.717, 1.165) is 6.42 Å². The lowest BCUT2D eigenvalue weighted by molar-refractivity contribution is 0.102. The average molecular weight is 435 g/mol. The van der Waals surface area contributed by atoms with E-state index in [0.29, 0.717) is 51.7 Å². The van der Waals surface area contributed by atoms with Gasteiger partial charge in [-0.25, -0.2) is 9.67 Å². The zero-order chi connectivity index (χ0) is 20.8. The van der Waals surface area contributed by atoms with Crippen molar-refractivity contribution in [3.8, 4) is 17.2 Å². The van der Waals surface area contributed by atoms with E-state index in [1.807, 2.05) is 13.8 Å². The maximum atomic E-state index is 12.9. The number of rotatable bonds is 8. The number of amides is 1. The van der Waals surface area contributed by atoms with Gasteiger partial charge in [-0.2, -0.15) is 5.10 Å². The van der Waals surface area contributed by atoms with Gasteiger partial charge in [0.2, 0.25) is 0 Å². The van der Waals surface area contributed by atoms with Crippen LogP contribution in [0, 0.1) is 0 Å². The van der Waals surface area contributed by atoms with Gasteiger partial charge in [0.25, 0.3) is 5.91 Å². The molecule has 0 atom stereocenters. The Morgan fingerprint density at radius 2 is 2.00 bits per heavy atom. The first-order valence-corrected chi connectivity index (χ1v) is 9.84. The second-order valence-electron chi connectivity index (χ2n) is 6.02. The maximum Gasteiger partial charge on any atom is 0.255 e. The lowest BCUT2D eigenvalue weighted by Crippen LogP contribution is -2.15. The second-order valence-corrected chi connectivity index (χ2v) is 6.87. The smallest absolute Gasteiger partial charge is 0.255 e. The van der Waals surface area contributed by atoms with Gasteiger partial charge in [-0.05, 0) is 43.7 Å². The van der Waals surface area contributed by atoms with Crippen LogP contribution in [-0.2, 0) is 0 Å². The van der Waals surface area contributed by atoms with E-state index in [1.54, 1.807) is 30.3 Å². The molecule has 2 aromatic carbocycles. The summed E-state index contributed by atoms with van der Waals surface area (Å²) < 4.78 is 12.8. The van der Waals surface area contributed by atoms with Crippen molar-refractivity contribution in [2.75, 3.05) is 18.5 Å². The normalized spacial score (nSPS) is 10.6. The molecule has 7 nitrogen and oxygen atoms in total. The molecule has 29 heavy (non-hydrogen) atoms. The van der Waals surface area contributed by atoms with Crippen LogP contribution in [0.15, 0.2) is 43.0 Å². The predicted molar refractivity (Wildman–Crippen MR) is 113 cm³/mol. The van der Waals surface area contributed by atoms with E-state index >= 15 is 0 Å². The summed E-state index contributed by atoms with van der Waals surface area (Å²) in [4.78, 5) is 16.9. The van der Waals surface area contributed by atoms with E-state index in [9.17, 15) is 4.79 Å². The number of halogens is 2. The molecule has 0 unspecified atom stereocenters. The Kier molecular flexibility index (Phi) is 6.95. The molecular weight excluding hydrogens is 415 g/mol. The summed E-state index contributed by atoms with van der Waals surface area (Å²) in [5.74, 6) is 0.470. The fourth-order valence-electron chi connectivity index (χ4n) is 2.64. The van der Waals surface area contributed by atoms with E-state index in [4.69, 9.17) is 32.7 Å². The van der Waals surface area contributed by atoms with Crippen LogP contribution < -0.4 is 14.8 Å². The molecule has 9 heteroatoms. The minimum atomic E-state index is -0.376. The van der Waals surface area contributed by atoms with Crippen molar-refractivity contribution >= 4 is 34.8 Å². The molecule has 0 saturated heterocycles. The number of nitrogens with zero attached hydrogens (tertiary/aromatic N) is 3. The van der Waals surface area contributed by atoms with Gasteiger partial charge in [-0.1, -0.05) is 30.1 Å². The molecule has 0 radical (unpaired) electrons. The minimum Gasteiger partial charge on any atom is -0.490 e. The number of carbonyl (C=O) groups is 1. The lowest BCUT2D eigenvalue weighted by atomic mass is 10.1. The highest BCUT2D eigenvalue weighted by atomic mass is 35.5. The van der Waals surface area contributed by atoms with Crippen LogP contribution in [0.5, 0.6) is 11.5 Å². The van der Waals surface area contributed by atoms with Crippen LogP contribution in [-0.4, -0.2) is 33.9 Å². The number of ether oxygens (including phenoxy) is 2. The van der Waals surface area contributed by atoms with E-state index in [2.05, 4.69) is 15.4 Å². The van der Waals surface area contributed by atoms with Crippen molar-refractivity contribution in [1.82, 2.24) is 14.8 Å². The van der Waals surface area contributed by atoms with Crippen LogP contribution in [0.1, 0.15) is 30.6 Å². The van der Waals surface area contributed by atoms with Crippen molar-refractivity contribution in [2.45, 2.75) is 20.3 Å². The summed E-state index contributed by atoms with van der Waals surface area (Å²) in [6, 6.07) is 8.24. The molecule has 0 aliphatic heterocycles. The van der Waals surface area contributed by atoms with E-state index in [-0.39, 0.29) is 5.91 Å². The summed E-state index contributed by atoms with van der Waals surface area (Å²) in [6.45, 7) is 4.75. The number of nitrogens with one attached hydrogen (secondary N) is 1. The van der Waals surface area contributed by atoms with Crippen molar-refractivity contribution < 1.29 is 14.3 Å². The fourth-order valence-corrected chi connectivity index (χ4v) is 3.08. The van der Waals surface area contributed by atoms with Crippen molar-refractivity contribution in [2.24, 2.45) is 0 Å². The number of aromatic nitrogens is 3. The molecule has 1 heterocycles. The molecule has 1 N–H and O–H groups in total. The number of anilines is 1. The molecule has 3 rings (SSSR count). The van der Waals surface area contributed by atoms with Crippen molar-refractivity contribution in [1.29, 1.82) is 0 Å². The highest BCUT2D eigenvalue weighted by Crippen LogP contribution is 2.37. The summed E-state index contributed by atoms with van der Waals surface area (Å²) in [6.07, 6.45) is 3.76. The monoisotopic (exact) mass is 434 g/mol. The van der Waals surface area contributed by atoms with Crippen molar-refractivity contribution in [3.05, 3.63) is 58.6 Å². The van der Waals surface area contributed by atoms with Crippen LogP contribution in [0.3, 0.4) is 0 Å². The summed E-state index contributed by atoms with van der Waals surface area (Å²) in [5, 5.41) is 7.73. The SMILES string of the molecule is CCCOc1c(Cl)cc(C(=O)Nc2cc(Cl)ccc2-n2cncn2)cc1OCC. The number of hydrogen-bond donors (Lipinski definition) is 1. The largest absolute Gasteiger partial charge is 0.490 e. The quantitative estimate of drug-likeness (QED) is 0.538. The third kappa shape index (κ3) is 4.99. The van der Waals surface area contributed by atoms with Gasteiger partial charge in [-0.15, -0.1) is 0 Å². The summed E-state index contributed by atoms with van der Waals surface area (Å²) in [5.41, 5.74) is 1.43. The maximum absolute atomic E-state index is 12.9. The molecule has 0 spiro atoms. The molecule has 0 aliphatic rings. The topological polar surface area (TPSA) is 78.3 Å². The first kappa shape index (κ1) is 21.0. The van der Waals surface area contributed by atoms with Crippen LogP contribution in [0.4, 0.5) is 5.69 Å². The van der Waals surface area contributed by atoms with Gasteiger partial charge < -0.3 is 14.8 Å². The number of benzene rings is 2. The Hall–Kier alpha value is -2.77. The number of hydrogen-bond acceptors (Lipinski definition) is 5. The summed E-state index contributed by atoms with van der Waals surface area (Å²) in [7, 11) is 0. The zero-order valence-electron chi connectivity index (χ0n) is 16.0. The zero-order valence-corrected chi connectivity index (χ0v) is 17.5. The highest BCUT2D eigenvalue weighted by Gasteiger charge is 2.18. The molecule has 0 aliphatic carbocycles. The first-order chi connectivity index (χ1) is 14.0. The molecule has 0 fully saturated rings. The molecule has 0 saturated carbocycles. The van der Waals surface area contributed by atoms with Crippen molar-refractivity contribution in [3.63, 3.8) is 0 Å². The van der Waals surface area contributed by atoms with E-state index < -0.39 is 0 Å². The third-order valence-electron chi connectivity index (χ3n) is 3.89. The second kappa shape index (κ2) is 9.62. The van der Waals surface area contributed by atoms with E-state index in [1.165, 1.54) is 17.3 Å². The lowest BCUT2D eigenvalue weighted by Gasteiger charge is -2.16. The summed E-state index contributed by atoms with van der Waals surface area (Å²) >= 11 is 12.5. The Morgan fingerprint density at radius 1 is 1.17 bits per heavy atom. The third-order valence-corrected chi connectivity index (χ3v) is 4.41. The number of carbonyl (C=O) groups excluding carboxylic acids is 1. The van der Waals surface area contributed by atoms with Crippen LogP contribution in [0.2, 0.25) is 10.0 Å². The first-order valence-electron chi connectivity index (χ1n) is 9.08. The Labute approximate surface area is 178 Å². The molecule has 1 aromatic heterocycles. The van der Waals surface area contributed by atoms with Gasteiger partial charge in [-0.3, -0.25) is 4.79 Å². The van der Waals surface area contributed by atoms with Gasteiger partial charge in [0.1, 0.15) is 12.7 Å². The van der Waals surface area contributed by atoms with Crippen LogP contribution in [0.25, 0.3) is 5.69 Å². The fraction of sp³-hybridized carbons (Fsp3) is 0.250. The molecule has 0 bridgehead atoms. The molecule has 152 valence electrons. The van der Waals surface area contributed by atoms with Gasteiger partial charge in [0, 0.05) is 10.6 Å². The van der Waals surface area contributed by atoms with Crippen LogP contribution >= 0.6 is 23.2 Å². The average Bonchev–Trinajstić information content (AvgIpc) is 3.22.